The highest BCUT2D eigenvalue weighted by molar-refractivity contribution is 5.80. The van der Waals surface area contributed by atoms with E-state index in [1.807, 2.05) is 23.2 Å². The lowest BCUT2D eigenvalue weighted by Gasteiger charge is -2.36. The third-order valence-electron chi connectivity index (χ3n) is 5.84. The number of aromatic nitrogens is 2. The monoisotopic (exact) mass is 406 g/mol. The molecule has 0 spiro atoms. The first-order valence-corrected chi connectivity index (χ1v) is 10.1. The number of aliphatic carboxylic acids is 1. The topological polar surface area (TPSA) is 78.2 Å². The van der Waals surface area contributed by atoms with E-state index in [4.69, 9.17) is 5.11 Å². The van der Waals surface area contributed by atoms with Gasteiger partial charge in [0.05, 0.1) is 18.1 Å². The number of fused-ring (bicyclic) bond motifs is 1. The molecule has 1 aliphatic rings. The highest BCUT2D eigenvalue weighted by Crippen LogP contribution is 2.33. The van der Waals surface area contributed by atoms with Crippen molar-refractivity contribution in [3.8, 4) is 11.1 Å². The van der Waals surface area contributed by atoms with Crippen LogP contribution in [0.2, 0.25) is 0 Å². The number of rotatable bonds is 4. The molecule has 4 rings (SSSR count). The van der Waals surface area contributed by atoms with Gasteiger partial charge in [-0.05, 0) is 60.4 Å². The van der Waals surface area contributed by atoms with Crippen LogP contribution in [0.3, 0.4) is 0 Å². The summed E-state index contributed by atoms with van der Waals surface area (Å²) in [5.41, 5.74) is 7.25. The molecule has 0 saturated carbocycles. The number of carboxylic acids is 1. The van der Waals surface area contributed by atoms with E-state index in [0.29, 0.717) is 5.56 Å². The molecule has 1 amide bonds. The second-order valence-corrected chi connectivity index (χ2v) is 7.93. The molecule has 1 aromatic carbocycles. The van der Waals surface area contributed by atoms with Gasteiger partial charge in [-0.25, -0.2) is 4.52 Å². The maximum Gasteiger partial charge on any atom is 0.307 e. The number of benzene rings is 1. The average molecular weight is 406 g/mol. The third kappa shape index (κ3) is 3.75. The number of carbonyl (C=O) groups is 2. The number of anilines is 1. The Balaban J connectivity index is 1.65. The second kappa shape index (κ2) is 7.82. The van der Waals surface area contributed by atoms with Gasteiger partial charge in [0.25, 0.3) is 0 Å². The SMILES string of the molecule is CC(=O)N1CCN(c2cc(C)c(-c3ccn4ncc(CC(=O)O)c4c3)c(C)c2)CC1. The molecule has 3 aromatic rings. The summed E-state index contributed by atoms with van der Waals surface area (Å²) in [5, 5.41) is 13.4. The van der Waals surface area contributed by atoms with Gasteiger partial charge in [0.15, 0.2) is 0 Å². The number of nitrogens with zero attached hydrogens (tertiary/aromatic N) is 4. The quantitative estimate of drug-likeness (QED) is 0.721. The van der Waals surface area contributed by atoms with Crippen molar-refractivity contribution in [1.82, 2.24) is 14.5 Å². The first kappa shape index (κ1) is 19.9. The number of carboxylic acid groups (broad SMARTS) is 1. The van der Waals surface area contributed by atoms with Gasteiger partial charge in [-0.1, -0.05) is 0 Å². The smallest absolute Gasteiger partial charge is 0.307 e. The average Bonchev–Trinajstić information content (AvgIpc) is 3.09. The molecule has 2 aromatic heterocycles. The minimum atomic E-state index is -0.864. The molecule has 0 aliphatic carbocycles. The number of hydrogen-bond donors (Lipinski definition) is 1. The van der Waals surface area contributed by atoms with Crippen LogP contribution in [0.15, 0.2) is 36.7 Å². The first-order valence-electron chi connectivity index (χ1n) is 10.1. The minimum absolute atomic E-state index is 0.0455. The molecule has 1 saturated heterocycles. The molecule has 0 unspecified atom stereocenters. The fourth-order valence-electron chi connectivity index (χ4n) is 4.34. The molecular weight excluding hydrogens is 380 g/mol. The van der Waals surface area contributed by atoms with Crippen molar-refractivity contribution >= 4 is 23.1 Å². The van der Waals surface area contributed by atoms with E-state index in [-0.39, 0.29) is 12.3 Å². The van der Waals surface area contributed by atoms with Crippen LogP contribution in [0.5, 0.6) is 0 Å². The summed E-state index contributed by atoms with van der Waals surface area (Å²) < 4.78 is 1.72. The molecule has 0 radical (unpaired) electrons. The Labute approximate surface area is 175 Å². The lowest BCUT2D eigenvalue weighted by Crippen LogP contribution is -2.48. The van der Waals surface area contributed by atoms with Crippen LogP contribution in [0, 0.1) is 13.8 Å². The summed E-state index contributed by atoms with van der Waals surface area (Å²) in [5.74, 6) is -0.730. The van der Waals surface area contributed by atoms with Crippen molar-refractivity contribution in [3.63, 3.8) is 0 Å². The molecule has 1 fully saturated rings. The number of pyridine rings is 1. The molecule has 7 heteroatoms. The zero-order valence-electron chi connectivity index (χ0n) is 17.6. The molecule has 1 N–H and O–H groups in total. The van der Waals surface area contributed by atoms with Crippen LogP contribution < -0.4 is 4.90 Å². The second-order valence-electron chi connectivity index (χ2n) is 7.93. The van der Waals surface area contributed by atoms with Gasteiger partial charge >= 0.3 is 5.97 Å². The minimum Gasteiger partial charge on any atom is -0.481 e. The normalized spacial score (nSPS) is 14.4. The van der Waals surface area contributed by atoms with Gasteiger partial charge in [-0.15, -0.1) is 0 Å². The van der Waals surface area contributed by atoms with Crippen LogP contribution >= 0.6 is 0 Å². The standard InChI is InChI=1S/C23H26N4O3/c1-15-10-20(26-8-6-25(7-9-26)17(3)28)11-16(2)23(15)18-4-5-27-21(12-18)19(14-24-27)13-22(29)30/h4-5,10-12,14H,6-9,13H2,1-3H3,(H,29,30). The van der Waals surface area contributed by atoms with Gasteiger partial charge in [-0.3, -0.25) is 9.59 Å². The van der Waals surface area contributed by atoms with Crippen molar-refractivity contribution in [1.29, 1.82) is 0 Å². The Morgan fingerprint density at radius 3 is 2.33 bits per heavy atom. The maximum atomic E-state index is 11.6. The van der Waals surface area contributed by atoms with Gasteiger partial charge in [-0.2, -0.15) is 5.10 Å². The lowest BCUT2D eigenvalue weighted by atomic mass is 9.94. The van der Waals surface area contributed by atoms with Crippen molar-refractivity contribution in [2.45, 2.75) is 27.2 Å². The Hall–Kier alpha value is -3.35. The lowest BCUT2D eigenvalue weighted by molar-refractivity contribution is -0.136. The summed E-state index contributed by atoms with van der Waals surface area (Å²) in [4.78, 5) is 26.9. The summed E-state index contributed by atoms with van der Waals surface area (Å²) >= 11 is 0. The number of aryl methyl sites for hydroxylation is 2. The molecule has 3 heterocycles. The van der Waals surface area contributed by atoms with Gasteiger partial charge in [0.2, 0.25) is 5.91 Å². The zero-order valence-corrected chi connectivity index (χ0v) is 17.6. The number of carbonyl (C=O) groups excluding carboxylic acids is 1. The van der Waals surface area contributed by atoms with E-state index in [2.05, 4.69) is 36.0 Å². The molecular formula is C23H26N4O3. The van der Waals surface area contributed by atoms with E-state index in [1.165, 1.54) is 16.8 Å². The molecule has 7 nitrogen and oxygen atoms in total. The largest absolute Gasteiger partial charge is 0.481 e. The van der Waals surface area contributed by atoms with Gasteiger partial charge < -0.3 is 14.9 Å². The van der Waals surface area contributed by atoms with Gasteiger partial charge in [0, 0.05) is 50.6 Å². The summed E-state index contributed by atoms with van der Waals surface area (Å²) in [6.45, 7) is 9.00. The Kier molecular flexibility index (Phi) is 5.20. The maximum absolute atomic E-state index is 11.6. The van der Waals surface area contributed by atoms with E-state index >= 15 is 0 Å². The van der Waals surface area contributed by atoms with Crippen LogP contribution in [0.1, 0.15) is 23.6 Å². The predicted octanol–water partition coefficient (Wildman–Crippen LogP) is 2.91. The third-order valence-corrected chi connectivity index (χ3v) is 5.84. The first-order chi connectivity index (χ1) is 14.3. The van der Waals surface area contributed by atoms with Crippen molar-refractivity contribution in [3.05, 3.63) is 53.3 Å². The molecule has 0 bridgehead atoms. The van der Waals surface area contributed by atoms with E-state index in [9.17, 15) is 9.59 Å². The zero-order chi connectivity index (χ0) is 21.4. The molecule has 30 heavy (non-hydrogen) atoms. The van der Waals surface area contributed by atoms with E-state index in [0.717, 1.165) is 42.8 Å². The van der Waals surface area contributed by atoms with Crippen LogP contribution in [-0.4, -0.2) is 57.7 Å². The Morgan fingerprint density at radius 1 is 1.07 bits per heavy atom. The highest BCUT2D eigenvalue weighted by Gasteiger charge is 2.20. The summed E-state index contributed by atoms with van der Waals surface area (Å²) in [6.07, 6.45) is 3.45. The van der Waals surface area contributed by atoms with Crippen LogP contribution in [0.4, 0.5) is 5.69 Å². The fourth-order valence-corrected chi connectivity index (χ4v) is 4.34. The Bertz CT molecular complexity index is 1100. The van der Waals surface area contributed by atoms with Crippen molar-refractivity contribution in [2.24, 2.45) is 0 Å². The molecule has 1 aliphatic heterocycles. The van der Waals surface area contributed by atoms with Crippen LogP contribution in [-0.2, 0) is 16.0 Å². The predicted molar refractivity (Wildman–Crippen MR) is 116 cm³/mol. The number of piperazine rings is 1. The summed E-state index contributed by atoms with van der Waals surface area (Å²) in [7, 11) is 0. The summed E-state index contributed by atoms with van der Waals surface area (Å²) in [6, 6.07) is 8.44. The number of hydrogen-bond acceptors (Lipinski definition) is 4. The van der Waals surface area contributed by atoms with Gasteiger partial charge in [0.1, 0.15) is 0 Å². The van der Waals surface area contributed by atoms with Crippen molar-refractivity contribution in [2.75, 3.05) is 31.1 Å². The van der Waals surface area contributed by atoms with E-state index in [1.54, 1.807) is 17.6 Å². The Morgan fingerprint density at radius 2 is 1.73 bits per heavy atom. The molecule has 0 atom stereocenters. The van der Waals surface area contributed by atoms with Crippen molar-refractivity contribution < 1.29 is 14.7 Å². The van der Waals surface area contributed by atoms with Crippen LogP contribution in [0.25, 0.3) is 16.6 Å². The highest BCUT2D eigenvalue weighted by atomic mass is 16.4. The number of amides is 1. The van der Waals surface area contributed by atoms with E-state index < -0.39 is 5.97 Å². The molecule has 156 valence electrons. The fraction of sp³-hybridized carbons (Fsp3) is 0.348.